The van der Waals surface area contributed by atoms with Gasteiger partial charge in [0.15, 0.2) is 16.7 Å². The zero-order valence-electron chi connectivity index (χ0n) is 18.8. The van der Waals surface area contributed by atoms with E-state index in [4.69, 9.17) is 16.3 Å². The van der Waals surface area contributed by atoms with Crippen LogP contribution in [-0.4, -0.2) is 31.0 Å². The topological polar surface area (TPSA) is 86.9 Å². The number of carbonyl (C=O) groups excluding carboxylic acids is 1. The number of aromatic nitrogens is 5. The molecule has 1 amide bonds. The Bertz CT molecular complexity index is 1410. The van der Waals surface area contributed by atoms with Crippen molar-refractivity contribution in [2.75, 3.05) is 5.32 Å². The Labute approximate surface area is 200 Å². The van der Waals surface area contributed by atoms with E-state index in [1.54, 1.807) is 23.0 Å². The number of ether oxygens (including phenoxy) is 1. The fourth-order valence-electron chi connectivity index (χ4n) is 4.43. The maximum Gasteiger partial charge on any atom is 0.212 e. The Kier molecular flexibility index (Phi) is 5.57. The van der Waals surface area contributed by atoms with Crippen LogP contribution < -0.4 is 10.1 Å². The van der Waals surface area contributed by atoms with E-state index in [2.05, 4.69) is 20.5 Å². The molecule has 174 valence electrons. The quantitative estimate of drug-likeness (QED) is 0.427. The lowest BCUT2D eigenvalue weighted by Gasteiger charge is -2.21. The van der Waals surface area contributed by atoms with Crippen molar-refractivity contribution in [3.05, 3.63) is 64.3 Å². The summed E-state index contributed by atoms with van der Waals surface area (Å²) in [5.41, 5.74) is 5.38. The van der Waals surface area contributed by atoms with Crippen LogP contribution in [0, 0.1) is 5.82 Å². The van der Waals surface area contributed by atoms with E-state index < -0.39 is 6.10 Å². The first kappa shape index (κ1) is 22.1. The minimum Gasteiger partial charge on any atom is -0.482 e. The fourth-order valence-corrected chi connectivity index (χ4v) is 4.68. The van der Waals surface area contributed by atoms with Crippen LogP contribution in [0.4, 0.5) is 10.2 Å². The van der Waals surface area contributed by atoms with E-state index in [9.17, 15) is 9.18 Å². The highest BCUT2D eigenvalue weighted by molar-refractivity contribution is 6.30. The number of benzene rings is 1. The number of carbonyl (C=O) groups is 1. The van der Waals surface area contributed by atoms with Crippen LogP contribution in [0.15, 0.2) is 36.7 Å². The molecule has 34 heavy (non-hydrogen) atoms. The molecule has 1 unspecified atom stereocenters. The van der Waals surface area contributed by atoms with Gasteiger partial charge in [0.05, 0.1) is 11.4 Å². The maximum atomic E-state index is 14.3. The van der Waals surface area contributed by atoms with Crippen LogP contribution in [0.1, 0.15) is 36.6 Å². The third-order valence-corrected chi connectivity index (χ3v) is 6.21. The van der Waals surface area contributed by atoms with Crippen LogP contribution >= 0.6 is 11.6 Å². The molecule has 1 aromatic carbocycles. The number of anilines is 1. The highest BCUT2D eigenvalue weighted by Gasteiger charge is 2.26. The zero-order valence-corrected chi connectivity index (χ0v) is 19.6. The molecule has 4 aromatic rings. The summed E-state index contributed by atoms with van der Waals surface area (Å²) >= 11 is 6.62. The molecule has 2 bridgehead atoms. The number of amides is 1. The molecule has 1 aliphatic heterocycles. The SMILES string of the molecule is CCn1nc(Cl)c2c1-c1cnc(NC=O)c(c1)OC(C)c1cc(F)ccc1-c1nn(C)cc1C2. The number of fused-ring (bicyclic) bond motifs is 7. The Morgan fingerprint density at radius 1 is 1.32 bits per heavy atom. The molecule has 0 saturated heterocycles. The minimum absolute atomic E-state index is 0.259. The predicted molar refractivity (Wildman–Crippen MR) is 126 cm³/mol. The first-order valence-electron chi connectivity index (χ1n) is 10.8. The van der Waals surface area contributed by atoms with Crippen LogP contribution in [0.5, 0.6) is 5.75 Å². The van der Waals surface area contributed by atoms with Gasteiger partial charge in [0, 0.05) is 60.2 Å². The predicted octanol–water partition coefficient (Wildman–Crippen LogP) is 4.77. The van der Waals surface area contributed by atoms with Crippen molar-refractivity contribution in [1.82, 2.24) is 24.5 Å². The van der Waals surface area contributed by atoms with E-state index in [-0.39, 0.29) is 11.6 Å². The van der Waals surface area contributed by atoms with Crippen molar-refractivity contribution >= 4 is 23.8 Å². The van der Waals surface area contributed by atoms with Crippen molar-refractivity contribution in [2.24, 2.45) is 7.05 Å². The van der Waals surface area contributed by atoms with Crippen LogP contribution in [0.25, 0.3) is 22.5 Å². The van der Waals surface area contributed by atoms with Gasteiger partial charge >= 0.3 is 0 Å². The van der Waals surface area contributed by atoms with Gasteiger partial charge in [0.1, 0.15) is 11.9 Å². The maximum absolute atomic E-state index is 14.3. The van der Waals surface area contributed by atoms with Crippen LogP contribution in [0.3, 0.4) is 0 Å². The third-order valence-electron chi connectivity index (χ3n) is 5.91. The van der Waals surface area contributed by atoms with Crippen LogP contribution in [0.2, 0.25) is 5.15 Å². The number of halogens is 2. The van der Waals surface area contributed by atoms with Gasteiger partial charge in [-0.15, -0.1) is 0 Å². The van der Waals surface area contributed by atoms with Crippen molar-refractivity contribution in [2.45, 2.75) is 32.9 Å². The standard InChI is InChI=1S/C24H22ClFN6O2/c1-4-32-22-14-8-20(24(27-10-14)28-12-33)34-13(2)18-9-16(26)5-6-17(18)21-15(11-31(3)29-21)7-19(22)23(25)30-32/h5-6,8-13H,4,7H2,1-3H3,(H,27,28,33). The Balaban J connectivity index is 1.83. The smallest absolute Gasteiger partial charge is 0.212 e. The number of nitrogens with zero attached hydrogens (tertiary/aromatic N) is 5. The molecule has 1 aliphatic rings. The number of nitrogens with one attached hydrogen (secondary N) is 1. The highest BCUT2D eigenvalue weighted by atomic mass is 35.5. The minimum atomic E-state index is -0.566. The zero-order chi connectivity index (χ0) is 24.0. The Morgan fingerprint density at radius 2 is 2.15 bits per heavy atom. The molecule has 0 spiro atoms. The summed E-state index contributed by atoms with van der Waals surface area (Å²) in [7, 11) is 1.84. The van der Waals surface area contributed by atoms with Gasteiger partial charge in [0.25, 0.3) is 0 Å². The molecule has 3 aromatic heterocycles. The van der Waals surface area contributed by atoms with E-state index in [0.717, 1.165) is 27.9 Å². The van der Waals surface area contributed by atoms with Gasteiger partial charge in [-0.1, -0.05) is 11.6 Å². The second kappa shape index (κ2) is 8.57. The molecule has 8 nitrogen and oxygen atoms in total. The summed E-state index contributed by atoms with van der Waals surface area (Å²) in [6, 6.07) is 6.36. The van der Waals surface area contributed by atoms with Crippen molar-refractivity contribution in [3.63, 3.8) is 0 Å². The molecule has 1 atom stereocenters. The summed E-state index contributed by atoms with van der Waals surface area (Å²) in [6.07, 6.45) is 4.02. The molecule has 1 N–H and O–H groups in total. The molecule has 0 aliphatic carbocycles. The summed E-state index contributed by atoms with van der Waals surface area (Å²) in [4.78, 5) is 15.6. The first-order chi connectivity index (χ1) is 16.4. The van der Waals surface area contributed by atoms with Gasteiger partial charge < -0.3 is 10.1 Å². The number of hydrogen-bond acceptors (Lipinski definition) is 5. The molecule has 0 saturated carbocycles. The summed E-state index contributed by atoms with van der Waals surface area (Å²) in [5, 5.41) is 12.2. The first-order valence-corrected chi connectivity index (χ1v) is 11.2. The van der Waals surface area contributed by atoms with E-state index in [1.165, 1.54) is 12.1 Å². The molecule has 0 radical (unpaired) electrons. The van der Waals surface area contributed by atoms with Gasteiger partial charge in [-0.3, -0.25) is 14.2 Å². The molecule has 10 heteroatoms. The third kappa shape index (κ3) is 3.71. The van der Waals surface area contributed by atoms with Gasteiger partial charge in [-0.05, 0) is 38.1 Å². The monoisotopic (exact) mass is 480 g/mol. The average molecular weight is 481 g/mol. The second-order valence-electron chi connectivity index (χ2n) is 8.11. The number of pyridine rings is 1. The molecular weight excluding hydrogens is 459 g/mol. The van der Waals surface area contributed by atoms with Gasteiger partial charge in [0.2, 0.25) is 6.41 Å². The number of rotatable bonds is 3. The lowest BCUT2D eigenvalue weighted by Crippen LogP contribution is -2.10. The fraction of sp³-hybridized carbons (Fsp3) is 0.250. The second-order valence-corrected chi connectivity index (χ2v) is 8.47. The van der Waals surface area contributed by atoms with Crippen molar-refractivity contribution < 1.29 is 13.9 Å². The molecule has 5 rings (SSSR count). The lowest BCUT2D eigenvalue weighted by atomic mass is 9.94. The van der Waals surface area contributed by atoms with E-state index in [0.29, 0.717) is 41.5 Å². The summed E-state index contributed by atoms with van der Waals surface area (Å²) in [5.74, 6) is 0.223. The normalized spacial score (nSPS) is 14.7. The molecule has 4 heterocycles. The Morgan fingerprint density at radius 3 is 2.91 bits per heavy atom. The van der Waals surface area contributed by atoms with Crippen molar-refractivity contribution in [3.8, 4) is 28.3 Å². The Hall–Kier alpha value is -3.72. The summed E-state index contributed by atoms with van der Waals surface area (Å²) < 4.78 is 24.1. The lowest BCUT2D eigenvalue weighted by molar-refractivity contribution is -0.105. The number of hydrogen-bond donors (Lipinski definition) is 1. The van der Waals surface area contributed by atoms with Crippen LogP contribution in [-0.2, 0) is 24.8 Å². The van der Waals surface area contributed by atoms with E-state index in [1.807, 2.05) is 31.8 Å². The largest absolute Gasteiger partial charge is 0.482 e. The van der Waals surface area contributed by atoms with Crippen molar-refractivity contribution in [1.29, 1.82) is 0 Å². The average Bonchev–Trinajstić information content (AvgIpc) is 3.33. The highest BCUT2D eigenvalue weighted by Crippen LogP contribution is 2.40. The summed E-state index contributed by atoms with van der Waals surface area (Å²) in [6.45, 7) is 4.40. The molecule has 0 fully saturated rings. The number of aryl methyl sites for hydroxylation is 2. The molecular formula is C24H22ClFN6O2. The van der Waals surface area contributed by atoms with Gasteiger partial charge in [-0.25, -0.2) is 9.37 Å². The van der Waals surface area contributed by atoms with E-state index >= 15 is 0 Å². The van der Waals surface area contributed by atoms with Gasteiger partial charge in [-0.2, -0.15) is 10.2 Å².